The molecule has 3 heterocycles. The van der Waals surface area contributed by atoms with Crippen molar-refractivity contribution in [1.82, 2.24) is 20.6 Å². The number of nitrogens with zero attached hydrogens (tertiary/aromatic N) is 2. The number of urea groups is 1. The molecule has 0 bridgehead atoms. The zero-order valence-electron chi connectivity index (χ0n) is 19.2. The number of aromatic nitrogens is 2. The molecular weight excluding hydrogens is 474 g/mol. The number of amides is 2. The highest BCUT2D eigenvalue weighted by Gasteiger charge is 2.34. The van der Waals surface area contributed by atoms with Gasteiger partial charge in [-0.05, 0) is 44.0 Å². The first-order valence-electron chi connectivity index (χ1n) is 10.6. The molecule has 0 aliphatic carbocycles. The van der Waals surface area contributed by atoms with Gasteiger partial charge in [-0.3, -0.25) is 0 Å². The number of methoxy groups -OCH3 is 1. The summed E-state index contributed by atoms with van der Waals surface area (Å²) in [6.07, 6.45) is 0. The van der Waals surface area contributed by atoms with Crippen LogP contribution in [-0.4, -0.2) is 41.4 Å². The zero-order chi connectivity index (χ0) is 24.4. The molecule has 3 aromatic rings. The minimum absolute atomic E-state index is 0.208. The Morgan fingerprint density at radius 2 is 1.97 bits per heavy atom. The molecular formula is C23H25N5O4S2. The third kappa shape index (κ3) is 4.66. The number of hydrogen-bond acceptors (Lipinski definition) is 9. The van der Waals surface area contributed by atoms with Gasteiger partial charge in [-0.15, -0.1) is 11.3 Å². The van der Waals surface area contributed by atoms with Crippen molar-refractivity contribution >= 4 is 51.1 Å². The van der Waals surface area contributed by atoms with Gasteiger partial charge in [0.2, 0.25) is 0 Å². The van der Waals surface area contributed by atoms with E-state index in [1.165, 1.54) is 11.8 Å². The first-order chi connectivity index (χ1) is 16.3. The van der Waals surface area contributed by atoms with E-state index in [1.807, 2.05) is 13.8 Å². The third-order valence-electron chi connectivity index (χ3n) is 5.48. The second-order valence-electron chi connectivity index (χ2n) is 7.56. The molecule has 2 aromatic heterocycles. The van der Waals surface area contributed by atoms with Gasteiger partial charge in [0.1, 0.15) is 16.4 Å². The summed E-state index contributed by atoms with van der Waals surface area (Å²) < 4.78 is 10.5. The lowest BCUT2D eigenvalue weighted by Crippen LogP contribution is -2.46. The number of thiophene rings is 1. The predicted octanol–water partition coefficient (Wildman–Crippen LogP) is 3.86. The van der Waals surface area contributed by atoms with Gasteiger partial charge >= 0.3 is 12.0 Å². The lowest BCUT2D eigenvalue weighted by atomic mass is 9.95. The number of benzene rings is 1. The van der Waals surface area contributed by atoms with Crippen molar-refractivity contribution in [3.8, 4) is 5.75 Å². The van der Waals surface area contributed by atoms with Crippen LogP contribution >= 0.6 is 23.1 Å². The second kappa shape index (κ2) is 9.90. The Labute approximate surface area is 205 Å². The molecule has 4 rings (SSSR count). The lowest BCUT2D eigenvalue weighted by Gasteiger charge is -2.29. The maximum Gasteiger partial charge on any atom is 0.338 e. The minimum Gasteiger partial charge on any atom is -0.497 e. The Hall–Kier alpha value is -3.31. The molecule has 11 heteroatoms. The van der Waals surface area contributed by atoms with Crippen LogP contribution in [0.1, 0.15) is 29.0 Å². The van der Waals surface area contributed by atoms with Gasteiger partial charge in [-0.1, -0.05) is 23.9 Å². The van der Waals surface area contributed by atoms with Crippen LogP contribution < -0.4 is 21.1 Å². The normalized spacial score (nSPS) is 15.8. The Morgan fingerprint density at radius 3 is 2.65 bits per heavy atom. The van der Waals surface area contributed by atoms with Crippen molar-refractivity contribution in [2.75, 3.05) is 25.2 Å². The van der Waals surface area contributed by atoms with Crippen molar-refractivity contribution in [1.29, 1.82) is 0 Å². The Kier molecular flexibility index (Phi) is 6.94. The first kappa shape index (κ1) is 23.8. The quantitative estimate of drug-likeness (QED) is 0.254. The highest BCUT2D eigenvalue weighted by Crippen LogP contribution is 2.35. The number of carbonyl (C=O) groups excluding carboxylic acids is 2. The molecule has 1 aromatic carbocycles. The van der Waals surface area contributed by atoms with Crippen molar-refractivity contribution in [2.45, 2.75) is 32.0 Å². The molecule has 1 aliphatic heterocycles. The van der Waals surface area contributed by atoms with Crippen molar-refractivity contribution in [3.05, 3.63) is 51.5 Å². The monoisotopic (exact) mass is 499 g/mol. The average molecular weight is 500 g/mol. The second-order valence-corrected chi connectivity index (χ2v) is 9.71. The SMILES string of the molecule is CCOC(=O)C1=C(CSc2nc(N)c3c(C)c(C)sc3n2)NC(=O)NC1c1ccc(OC)cc1. The van der Waals surface area contributed by atoms with Gasteiger partial charge in [-0.25, -0.2) is 19.6 Å². The van der Waals surface area contributed by atoms with Crippen LogP contribution in [0.5, 0.6) is 5.75 Å². The summed E-state index contributed by atoms with van der Waals surface area (Å²) >= 11 is 2.85. The van der Waals surface area contributed by atoms with Crippen LogP contribution in [0.4, 0.5) is 10.6 Å². The topological polar surface area (TPSA) is 128 Å². The smallest absolute Gasteiger partial charge is 0.338 e. The Morgan fingerprint density at radius 1 is 1.24 bits per heavy atom. The molecule has 1 aliphatic rings. The maximum atomic E-state index is 12.9. The first-order valence-corrected chi connectivity index (χ1v) is 12.4. The molecule has 2 amide bonds. The Bertz CT molecular complexity index is 1290. The number of aryl methyl sites for hydroxylation is 2. The van der Waals surface area contributed by atoms with Crippen molar-refractivity contribution in [3.63, 3.8) is 0 Å². The molecule has 34 heavy (non-hydrogen) atoms. The van der Waals surface area contributed by atoms with E-state index < -0.39 is 18.0 Å². The van der Waals surface area contributed by atoms with E-state index in [-0.39, 0.29) is 12.4 Å². The van der Waals surface area contributed by atoms with Crippen LogP contribution in [0, 0.1) is 13.8 Å². The molecule has 1 unspecified atom stereocenters. The van der Waals surface area contributed by atoms with E-state index in [0.717, 1.165) is 26.2 Å². The largest absolute Gasteiger partial charge is 0.497 e. The number of rotatable bonds is 7. The highest BCUT2D eigenvalue weighted by molar-refractivity contribution is 7.99. The van der Waals surface area contributed by atoms with E-state index in [4.69, 9.17) is 15.2 Å². The van der Waals surface area contributed by atoms with Gasteiger partial charge in [0, 0.05) is 16.3 Å². The summed E-state index contributed by atoms with van der Waals surface area (Å²) in [5, 5.41) is 6.92. The number of hydrogen-bond donors (Lipinski definition) is 3. The average Bonchev–Trinajstić information content (AvgIpc) is 3.11. The molecule has 0 radical (unpaired) electrons. The standard InChI is InChI=1S/C23H25N5O4S2/c1-5-32-21(29)17-15(25-22(30)26-18(17)13-6-8-14(31-4)9-7-13)10-33-23-27-19(24)16-11(2)12(3)34-20(16)28-23/h6-9,18H,5,10H2,1-4H3,(H2,24,27,28)(H2,25,26,30). The summed E-state index contributed by atoms with van der Waals surface area (Å²) in [5.74, 6) is 0.833. The van der Waals surface area contributed by atoms with Crippen molar-refractivity contribution < 1.29 is 19.1 Å². The fourth-order valence-corrected chi connectivity index (χ4v) is 5.60. The number of esters is 1. The summed E-state index contributed by atoms with van der Waals surface area (Å²) in [6, 6.07) is 6.07. The van der Waals surface area contributed by atoms with Gasteiger partial charge < -0.3 is 25.8 Å². The fourth-order valence-electron chi connectivity index (χ4n) is 3.69. The molecule has 178 valence electrons. The number of nitrogens with two attached hydrogens (primary N) is 1. The summed E-state index contributed by atoms with van der Waals surface area (Å²) in [5.41, 5.74) is 8.78. The summed E-state index contributed by atoms with van der Waals surface area (Å²) in [4.78, 5) is 36.5. The van der Waals surface area contributed by atoms with E-state index in [0.29, 0.717) is 28.0 Å². The molecule has 0 saturated carbocycles. The molecule has 0 saturated heterocycles. The molecule has 9 nitrogen and oxygen atoms in total. The van der Waals surface area contributed by atoms with Gasteiger partial charge in [0.05, 0.1) is 30.7 Å². The van der Waals surface area contributed by atoms with Gasteiger partial charge in [-0.2, -0.15) is 0 Å². The number of ether oxygens (including phenoxy) is 2. The predicted molar refractivity (Wildman–Crippen MR) is 133 cm³/mol. The third-order valence-corrected chi connectivity index (χ3v) is 7.45. The summed E-state index contributed by atoms with van der Waals surface area (Å²) in [7, 11) is 1.57. The summed E-state index contributed by atoms with van der Waals surface area (Å²) in [6.45, 7) is 5.97. The van der Waals surface area contributed by atoms with Crippen LogP contribution in [0.15, 0.2) is 40.7 Å². The zero-order valence-corrected chi connectivity index (χ0v) is 20.9. The van der Waals surface area contributed by atoms with Gasteiger partial charge in [0.25, 0.3) is 0 Å². The van der Waals surface area contributed by atoms with Crippen LogP contribution in [0.2, 0.25) is 0 Å². The maximum absolute atomic E-state index is 12.9. The number of anilines is 1. The number of thioether (sulfide) groups is 1. The van der Waals surface area contributed by atoms with E-state index >= 15 is 0 Å². The highest BCUT2D eigenvalue weighted by atomic mass is 32.2. The van der Waals surface area contributed by atoms with Crippen LogP contribution in [-0.2, 0) is 9.53 Å². The van der Waals surface area contributed by atoms with E-state index in [9.17, 15) is 9.59 Å². The number of fused-ring (bicyclic) bond motifs is 1. The number of carbonyl (C=O) groups is 2. The molecule has 0 spiro atoms. The Balaban J connectivity index is 1.69. The molecule has 1 atom stereocenters. The fraction of sp³-hybridized carbons (Fsp3) is 0.304. The number of nitrogens with one attached hydrogen (secondary N) is 2. The molecule has 0 fully saturated rings. The van der Waals surface area contributed by atoms with Gasteiger partial charge in [0.15, 0.2) is 5.16 Å². The number of nitrogen functional groups attached to an aromatic ring is 1. The van der Waals surface area contributed by atoms with Crippen LogP contribution in [0.3, 0.4) is 0 Å². The lowest BCUT2D eigenvalue weighted by molar-refractivity contribution is -0.139. The van der Waals surface area contributed by atoms with E-state index in [1.54, 1.807) is 49.6 Å². The van der Waals surface area contributed by atoms with Crippen LogP contribution in [0.25, 0.3) is 10.2 Å². The van der Waals surface area contributed by atoms with E-state index in [2.05, 4.69) is 20.6 Å². The molecule has 4 N–H and O–H groups in total. The minimum atomic E-state index is -0.676. The van der Waals surface area contributed by atoms with Crippen molar-refractivity contribution in [2.24, 2.45) is 0 Å².